The topological polar surface area (TPSA) is 69.7 Å². The molecule has 0 spiro atoms. The number of fused-ring (bicyclic) bond motifs is 2. The summed E-state index contributed by atoms with van der Waals surface area (Å²) in [5, 5.41) is 1.61. The van der Waals surface area contributed by atoms with Crippen LogP contribution in [0.2, 0.25) is 0 Å². The number of halogens is 1. The summed E-state index contributed by atoms with van der Waals surface area (Å²) in [6.45, 7) is 0.187. The molecule has 0 saturated heterocycles. The normalized spacial score (nSPS) is 11.1. The van der Waals surface area contributed by atoms with Crippen LogP contribution in [0.4, 0.5) is 0 Å². The molecular weight excluding hydrogens is 388 g/mol. The first-order valence-corrected chi connectivity index (χ1v) is 8.27. The minimum absolute atomic E-state index is 0.187. The third kappa shape index (κ3) is 3.21. The molecule has 0 aliphatic carbocycles. The summed E-state index contributed by atoms with van der Waals surface area (Å²) in [6, 6.07) is 15.2. The van der Waals surface area contributed by atoms with Gasteiger partial charge in [-0.1, -0.05) is 15.9 Å². The lowest BCUT2D eigenvalue weighted by Gasteiger charge is -2.09. The van der Waals surface area contributed by atoms with Crippen molar-refractivity contribution < 1.29 is 13.6 Å². The standard InChI is InChI=1S/C19H11BrO5/c20-13-3-5-15-12(7-19(22)25-17(15)8-13)10-23-14-4-1-11-2-6-18(21)24-16(11)9-14/h1-9H,10H2. The van der Waals surface area contributed by atoms with E-state index in [4.69, 9.17) is 13.6 Å². The van der Waals surface area contributed by atoms with Crippen molar-refractivity contribution in [3.05, 3.63) is 85.5 Å². The number of ether oxygens (including phenoxy) is 1. The van der Waals surface area contributed by atoms with Crippen LogP contribution in [0.1, 0.15) is 5.56 Å². The molecule has 0 amide bonds. The van der Waals surface area contributed by atoms with Crippen molar-refractivity contribution in [2.45, 2.75) is 6.61 Å². The maximum Gasteiger partial charge on any atom is 0.336 e. The van der Waals surface area contributed by atoms with Crippen molar-refractivity contribution in [2.24, 2.45) is 0 Å². The Morgan fingerprint density at radius 3 is 2.52 bits per heavy atom. The van der Waals surface area contributed by atoms with Crippen LogP contribution >= 0.6 is 15.9 Å². The van der Waals surface area contributed by atoms with E-state index in [1.165, 1.54) is 12.1 Å². The Hall–Kier alpha value is -2.86. The maximum absolute atomic E-state index is 11.8. The van der Waals surface area contributed by atoms with Crippen LogP contribution in [0.25, 0.3) is 21.9 Å². The number of rotatable bonds is 3. The zero-order chi connectivity index (χ0) is 17.4. The van der Waals surface area contributed by atoms with Crippen molar-refractivity contribution >= 4 is 37.9 Å². The molecule has 0 radical (unpaired) electrons. The molecule has 25 heavy (non-hydrogen) atoms. The monoisotopic (exact) mass is 398 g/mol. The summed E-state index contributed by atoms with van der Waals surface area (Å²) in [6.07, 6.45) is 0. The Labute approximate surface area is 149 Å². The van der Waals surface area contributed by atoms with Gasteiger partial charge in [-0.2, -0.15) is 0 Å². The molecule has 4 rings (SSSR count). The van der Waals surface area contributed by atoms with E-state index in [1.54, 1.807) is 24.3 Å². The first-order valence-electron chi connectivity index (χ1n) is 7.47. The minimum atomic E-state index is -0.436. The van der Waals surface area contributed by atoms with Gasteiger partial charge in [-0.3, -0.25) is 0 Å². The molecule has 0 aliphatic heterocycles. The highest BCUT2D eigenvalue weighted by Gasteiger charge is 2.08. The molecule has 4 aromatic rings. The highest BCUT2D eigenvalue weighted by Crippen LogP contribution is 2.24. The molecule has 0 fully saturated rings. The van der Waals surface area contributed by atoms with E-state index in [-0.39, 0.29) is 6.61 Å². The lowest BCUT2D eigenvalue weighted by Crippen LogP contribution is -2.04. The molecule has 0 saturated carbocycles. The summed E-state index contributed by atoms with van der Waals surface area (Å²) in [5.74, 6) is 0.542. The molecule has 0 atom stereocenters. The van der Waals surface area contributed by atoms with E-state index < -0.39 is 11.3 Å². The van der Waals surface area contributed by atoms with Gasteiger partial charge in [-0.25, -0.2) is 9.59 Å². The van der Waals surface area contributed by atoms with Gasteiger partial charge in [0.2, 0.25) is 0 Å². The first kappa shape index (κ1) is 15.7. The Morgan fingerprint density at radius 2 is 1.64 bits per heavy atom. The Morgan fingerprint density at radius 1 is 0.840 bits per heavy atom. The van der Waals surface area contributed by atoms with E-state index in [0.29, 0.717) is 22.5 Å². The largest absolute Gasteiger partial charge is 0.489 e. The van der Waals surface area contributed by atoms with E-state index >= 15 is 0 Å². The zero-order valence-corrected chi connectivity index (χ0v) is 14.4. The van der Waals surface area contributed by atoms with Gasteiger partial charge in [-0.05, 0) is 36.4 Å². The van der Waals surface area contributed by atoms with Gasteiger partial charge in [0.05, 0.1) is 0 Å². The van der Waals surface area contributed by atoms with E-state index in [0.717, 1.165) is 15.2 Å². The van der Waals surface area contributed by atoms with Crippen LogP contribution < -0.4 is 16.0 Å². The maximum atomic E-state index is 11.8. The van der Waals surface area contributed by atoms with E-state index in [9.17, 15) is 9.59 Å². The smallest absolute Gasteiger partial charge is 0.336 e. The number of hydrogen-bond donors (Lipinski definition) is 0. The summed E-state index contributed by atoms with van der Waals surface area (Å²) >= 11 is 3.36. The number of benzene rings is 2. The van der Waals surface area contributed by atoms with Crippen LogP contribution in [-0.4, -0.2) is 0 Å². The average Bonchev–Trinajstić information content (AvgIpc) is 2.58. The Bertz CT molecular complexity index is 1210. The second-order valence-corrected chi connectivity index (χ2v) is 6.39. The molecule has 0 bridgehead atoms. The predicted octanol–water partition coefficient (Wildman–Crippen LogP) is 4.24. The number of hydrogen-bond acceptors (Lipinski definition) is 5. The van der Waals surface area contributed by atoms with Gasteiger partial charge in [0.25, 0.3) is 0 Å². The molecule has 5 nitrogen and oxygen atoms in total. The SMILES string of the molecule is O=c1ccc2ccc(OCc3cc(=O)oc4cc(Br)ccc34)cc2o1. The second-order valence-electron chi connectivity index (χ2n) is 5.47. The summed E-state index contributed by atoms with van der Waals surface area (Å²) in [4.78, 5) is 23.1. The third-order valence-electron chi connectivity index (χ3n) is 3.78. The Balaban J connectivity index is 1.68. The first-order chi connectivity index (χ1) is 12.1. The summed E-state index contributed by atoms with van der Waals surface area (Å²) < 4.78 is 17.0. The quantitative estimate of drug-likeness (QED) is 0.482. The fourth-order valence-corrected chi connectivity index (χ4v) is 2.96. The average molecular weight is 399 g/mol. The van der Waals surface area contributed by atoms with Crippen molar-refractivity contribution in [1.29, 1.82) is 0 Å². The van der Waals surface area contributed by atoms with Crippen molar-refractivity contribution in [2.75, 3.05) is 0 Å². The Kier molecular flexibility index (Phi) is 3.89. The van der Waals surface area contributed by atoms with Crippen molar-refractivity contribution in [3.63, 3.8) is 0 Å². The molecule has 0 N–H and O–H groups in total. The van der Waals surface area contributed by atoms with Crippen LogP contribution in [0.15, 0.2) is 77.5 Å². The molecular formula is C19H11BrO5. The van der Waals surface area contributed by atoms with Gasteiger partial charge in [-0.15, -0.1) is 0 Å². The minimum Gasteiger partial charge on any atom is -0.489 e. The van der Waals surface area contributed by atoms with E-state index in [2.05, 4.69) is 15.9 Å². The van der Waals surface area contributed by atoms with Crippen LogP contribution in [0.3, 0.4) is 0 Å². The summed E-state index contributed by atoms with van der Waals surface area (Å²) in [5.41, 5.74) is 0.806. The fourth-order valence-electron chi connectivity index (χ4n) is 2.62. The van der Waals surface area contributed by atoms with Gasteiger partial charge in [0, 0.05) is 39.0 Å². The van der Waals surface area contributed by atoms with Crippen LogP contribution in [-0.2, 0) is 6.61 Å². The molecule has 124 valence electrons. The highest BCUT2D eigenvalue weighted by molar-refractivity contribution is 9.10. The van der Waals surface area contributed by atoms with Crippen molar-refractivity contribution in [1.82, 2.24) is 0 Å². The lowest BCUT2D eigenvalue weighted by atomic mass is 10.1. The second kappa shape index (κ2) is 6.22. The molecule has 2 heterocycles. The van der Waals surface area contributed by atoms with Gasteiger partial charge >= 0.3 is 11.3 Å². The lowest BCUT2D eigenvalue weighted by molar-refractivity contribution is 0.306. The van der Waals surface area contributed by atoms with Gasteiger partial charge < -0.3 is 13.6 Å². The third-order valence-corrected chi connectivity index (χ3v) is 4.27. The molecule has 0 aliphatic rings. The molecule has 2 aromatic carbocycles. The molecule has 6 heteroatoms. The molecule has 0 unspecified atom stereocenters. The predicted molar refractivity (Wildman–Crippen MR) is 97.0 cm³/mol. The summed E-state index contributed by atoms with van der Waals surface area (Å²) in [7, 11) is 0. The molecule has 2 aromatic heterocycles. The highest BCUT2D eigenvalue weighted by atomic mass is 79.9. The van der Waals surface area contributed by atoms with Crippen molar-refractivity contribution in [3.8, 4) is 5.75 Å². The van der Waals surface area contributed by atoms with Gasteiger partial charge in [0.15, 0.2) is 0 Å². The van der Waals surface area contributed by atoms with Gasteiger partial charge in [0.1, 0.15) is 23.5 Å². The fraction of sp³-hybridized carbons (Fsp3) is 0.0526. The van der Waals surface area contributed by atoms with E-state index in [1.807, 2.05) is 18.2 Å². The van der Waals surface area contributed by atoms with Crippen LogP contribution in [0, 0.1) is 0 Å². The van der Waals surface area contributed by atoms with Crippen LogP contribution in [0.5, 0.6) is 5.75 Å². The zero-order valence-electron chi connectivity index (χ0n) is 12.8.